The highest BCUT2D eigenvalue weighted by Crippen LogP contribution is 2.28. The lowest BCUT2D eigenvalue weighted by atomic mass is 10.0. The average molecular weight is 257 g/mol. The van der Waals surface area contributed by atoms with Gasteiger partial charge in [0.15, 0.2) is 0 Å². The van der Waals surface area contributed by atoms with Gasteiger partial charge in [-0.1, -0.05) is 12.1 Å². The van der Waals surface area contributed by atoms with Crippen LogP contribution in [0.15, 0.2) is 36.4 Å². The van der Waals surface area contributed by atoms with Gasteiger partial charge in [0, 0.05) is 12.7 Å². The largest absolute Gasteiger partial charge is 0.508 e. The van der Waals surface area contributed by atoms with E-state index in [-0.39, 0.29) is 11.5 Å². The molecule has 0 amide bonds. The van der Waals surface area contributed by atoms with Crippen LogP contribution in [-0.4, -0.2) is 17.3 Å². The lowest BCUT2D eigenvalue weighted by molar-refractivity contribution is 0.450. The van der Waals surface area contributed by atoms with Gasteiger partial charge in [0.25, 0.3) is 0 Å². The van der Waals surface area contributed by atoms with E-state index in [9.17, 15) is 10.2 Å². The summed E-state index contributed by atoms with van der Waals surface area (Å²) in [6.45, 7) is 1.79. The predicted molar refractivity (Wildman–Crippen MR) is 77.9 cm³/mol. The number of aryl methyl sites for hydroxylation is 3. The molecule has 3 N–H and O–H groups in total. The Bertz CT molecular complexity index is 562. The summed E-state index contributed by atoms with van der Waals surface area (Å²) in [4.78, 5) is 0. The molecule has 0 aromatic heterocycles. The number of phenols is 2. The summed E-state index contributed by atoms with van der Waals surface area (Å²) < 4.78 is 0. The van der Waals surface area contributed by atoms with Crippen LogP contribution in [0, 0.1) is 6.92 Å². The highest BCUT2D eigenvalue weighted by molar-refractivity contribution is 5.46. The summed E-state index contributed by atoms with van der Waals surface area (Å²) in [5, 5.41) is 22.6. The predicted octanol–water partition coefficient (Wildman–Crippen LogP) is 3.23. The van der Waals surface area contributed by atoms with Crippen LogP contribution in [-0.2, 0) is 12.8 Å². The summed E-state index contributed by atoms with van der Waals surface area (Å²) in [5.74, 6) is 0.487. The molecule has 100 valence electrons. The lowest BCUT2D eigenvalue weighted by Crippen LogP contribution is -1.94. The molecule has 2 aromatic carbocycles. The Labute approximate surface area is 113 Å². The van der Waals surface area contributed by atoms with E-state index in [1.54, 1.807) is 19.1 Å². The van der Waals surface area contributed by atoms with Crippen LogP contribution in [0.4, 0.5) is 5.69 Å². The maximum atomic E-state index is 9.96. The second kappa shape index (κ2) is 5.65. The smallest absolute Gasteiger partial charge is 0.121 e. The minimum atomic E-state index is 0.204. The van der Waals surface area contributed by atoms with Crippen molar-refractivity contribution in [3.63, 3.8) is 0 Å². The highest BCUT2D eigenvalue weighted by Gasteiger charge is 2.07. The van der Waals surface area contributed by atoms with Crippen molar-refractivity contribution in [2.75, 3.05) is 12.4 Å². The fraction of sp³-hybridized carbons (Fsp3) is 0.250. The molecule has 0 radical (unpaired) electrons. The molecule has 3 heteroatoms. The first-order valence-electron chi connectivity index (χ1n) is 6.38. The molecule has 0 saturated carbocycles. The van der Waals surface area contributed by atoms with Crippen molar-refractivity contribution in [3.8, 4) is 11.5 Å². The molecule has 0 heterocycles. The topological polar surface area (TPSA) is 52.5 Å². The normalized spacial score (nSPS) is 10.4. The van der Waals surface area contributed by atoms with E-state index < -0.39 is 0 Å². The molecule has 0 fully saturated rings. The van der Waals surface area contributed by atoms with E-state index in [1.807, 2.05) is 19.2 Å². The third-order valence-corrected chi connectivity index (χ3v) is 3.29. The second-order valence-corrected chi connectivity index (χ2v) is 4.72. The summed E-state index contributed by atoms with van der Waals surface area (Å²) in [6, 6.07) is 11.4. The number of anilines is 1. The van der Waals surface area contributed by atoms with Crippen LogP contribution in [0.25, 0.3) is 0 Å². The van der Waals surface area contributed by atoms with Crippen molar-refractivity contribution in [2.24, 2.45) is 0 Å². The van der Waals surface area contributed by atoms with Gasteiger partial charge in [-0.2, -0.15) is 0 Å². The van der Waals surface area contributed by atoms with Gasteiger partial charge in [-0.25, -0.2) is 0 Å². The number of benzene rings is 2. The molecule has 0 unspecified atom stereocenters. The Morgan fingerprint density at radius 1 is 1.00 bits per heavy atom. The molecule has 19 heavy (non-hydrogen) atoms. The number of rotatable bonds is 4. The van der Waals surface area contributed by atoms with E-state index in [2.05, 4.69) is 17.4 Å². The van der Waals surface area contributed by atoms with Crippen LogP contribution >= 0.6 is 0 Å². The van der Waals surface area contributed by atoms with E-state index in [4.69, 9.17) is 0 Å². The zero-order valence-electron chi connectivity index (χ0n) is 11.3. The van der Waals surface area contributed by atoms with Crippen LogP contribution in [0.2, 0.25) is 0 Å². The molecule has 0 saturated heterocycles. The van der Waals surface area contributed by atoms with Crippen molar-refractivity contribution in [3.05, 3.63) is 53.1 Å². The Hall–Kier alpha value is -2.16. The zero-order chi connectivity index (χ0) is 13.8. The Morgan fingerprint density at radius 3 is 2.32 bits per heavy atom. The summed E-state index contributed by atoms with van der Waals surface area (Å²) in [7, 11) is 1.89. The quantitative estimate of drug-likeness (QED) is 0.737. The minimum Gasteiger partial charge on any atom is -0.508 e. The molecule has 0 atom stereocenters. The number of hydrogen-bond donors (Lipinski definition) is 3. The number of aromatic hydroxyl groups is 2. The minimum absolute atomic E-state index is 0.204. The van der Waals surface area contributed by atoms with Crippen LogP contribution in [0.1, 0.15) is 16.7 Å². The van der Waals surface area contributed by atoms with Crippen molar-refractivity contribution in [1.29, 1.82) is 0 Å². The van der Waals surface area contributed by atoms with Gasteiger partial charge in [0.1, 0.15) is 11.5 Å². The maximum absolute atomic E-state index is 9.96. The maximum Gasteiger partial charge on any atom is 0.121 e. The van der Waals surface area contributed by atoms with Gasteiger partial charge in [-0.3, -0.25) is 0 Å². The van der Waals surface area contributed by atoms with E-state index in [0.717, 1.165) is 17.7 Å². The van der Waals surface area contributed by atoms with Crippen LogP contribution in [0.5, 0.6) is 11.5 Å². The summed E-state index contributed by atoms with van der Waals surface area (Å²) >= 11 is 0. The van der Waals surface area contributed by atoms with E-state index in [1.165, 1.54) is 5.56 Å². The number of nitrogens with one attached hydrogen (secondary N) is 1. The van der Waals surface area contributed by atoms with Gasteiger partial charge in [-0.05, 0) is 60.7 Å². The van der Waals surface area contributed by atoms with E-state index in [0.29, 0.717) is 12.0 Å². The molecule has 3 nitrogen and oxygen atoms in total. The van der Waals surface area contributed by atoms with E-state index >= 15 is 0 Å². The number of phenolic OH excluding ortho intramolecular Hbond substituents is 2. The highest BCUT2D eigenvalue weighted by atomic mass is 16.3. The van der Waals surface area contributed by atoms with Gasteiger partial charge in [0.05, 0.1) is 0 Å². The molecule has 0 aliphatic rings. The van der Waals surface area contributed by atoms with Gasteiger partial charge in [0.2, 0.25) is 0 Å². The Morgan fingerprint density at radius 2 is 1.68 bits per heavy atom. The zero-order valence-corrected chi connectivity index (χ0v) is 11.3. The fourth-order valence-electron chi connectivity index (χ4n) is 2.14. The van der Waals surface area contributed by atoms with Crippen molar-refractivity contribution >= 4 is 5.69 Å². The molecular weight excluding hydrogens is 238 g/mol. The SMILES string of the molecule is CNc1ccc(CCc2cc(O)cc(C)c2O)cc1. The molecule has 2 aromatic rings. The van der Waals surface area contributed by atoms with Gasteiger partial charge >= 0.3 is 0 Å². The second-order valence-electron chi connectivity index (χ2n) is 4.72. The molecular formula is C16H19NO2. The first kappa shape index (κ1) is 13.3. The van der Waals surface area contributed by atoms with Gasteiger partial charge < -0.3 is 15.5 Å². The fourth-order valence-corrected chi connectivity index (χ4v) is 2.14. The number of hydrogen-bond acceptors (Lipinski definition) is 3. The standard InChI is InChI=1S/C16H19NO2/c1-11-9-15(18)10-13(16(11)19)6-3-12-4-7-14(17-2)8-5-12/h4-5,7-10,17-19H,3,6H2,1-2H3. The third kappa shape index (κ3) is 3.19. The summed E-state index contributed by atoms with van der Waals surface area (Å²) in [6.07, 6.45) is 1.54. The molecule has 0 aliphatic heterocycles. The van der Waals surface area contributed by atoms with Crippen LogP contribution in [0.3, 0.4) is 0 Å². The van der Waals surface area contributed by atoms with Crippen molar-refractivity contribution in [2.45, 2.75) is 19.8 Å². The molecule has 2 rings (SSSR count). The average Bonchev–Trinajstić information content (AvgIpc) is 2.41. The molecule has 0 spiro atoms. The van der Waals surface area contributed by atoms with Crippen molar-refractivity contribution in [1.82, 2.24) is 0 Å². The van der Waals surface area contributed by atoms with Crippen molar-refractivity contribution < 1.29 is 10.2 Å². The Kier molecular flexibility index (Phi) is 3.95. The van der Waals surface area contributed by atoms with Gasteiger partial charge in [-0.15, -0.1) is 0 Å². The Balaban J connectivity index is 2.09. The third-order valence-electron chi connectivity index (χ3n) is 3.29. The summed E-state index contributed by atoms with van der Waals surface area (Å²) in [5.41, 5.74) is 3.79. The first-order valence-corrected chi connectivity index (χ1v) is 6.38. The first-order chi connectivity index (χ1) is 9.10. The lowest BCUT2D eigenvalue weighted by Gasteiger charge is -2.09. The molecule has 0 bridgehead atoms. The molecule has 0 aliphatic carbocycles. The van der Waals surface area contributed by atoms with Crippen LogP contribution < -0.4 is 5.32 Å². The monoisotopic (exact) mass is 257 g/mol.